The van der Waals surface area contributed by atoms with Gasteiger partial charge in [0.15, 0.2) is 0 Å². The van der Waals surface area contributed by atoms with E-state index in [0.29, 0.717) is 0 Å². The molecular formula is C63H68N3OPtSi-. The molecule has 6 heteroatoms. The van der Waals surface area contributed by atoms with E-state index in [4.69, 9.17) is 9.97 Å². The fourth-order valence-corrected chi connectivity index (χ4v) is 18.2. The van der Waals surface area contributed by atoms with Crippen molar-refractivity contribution in [2.75, 3.05) is 0 Å². The number of pyridine rings is 1. The van der Waals surface area contributed by atoms with Crippen LogP contribution in [0.15, 0.2) is 134 Å². The quantitative estimate of drug-likeness (QED) is 0.133. The van der Waals surface area contributed by atoms with Crippen molar-refractivity contribution in [1.82, 2.24) is 14.5 Å². The maximum absolute atomic E-state index is 12.7. The fraction of sp³-hybridized carbons (Fsp3) is 0.333. The molecule has 10 rings (SSSR count). The molecule has 6 aromatic carbocycles. The number of imidazole rings is 1. The summed E-state index contributed by atoms with van der Waals surface area (Å²) in [6, 6.07) is 54.4. The van der Waals surface area contributed by atoms with Gasteiger partial charge in [0.2, 0.25) is 0 Å². The van der Waals surface area contributed by atoms with Crippen LogP contribution in [0, 0.1) is 6.07 Å². The van der Waals surface area contributed by atoms with Gasteiger partial charge in [0.05, 0.1) is 30.4 Å². The van der Waals surface area contributed by atoms with Crippen LogP contribution in [0.2, 0.25) is 18.1 Å². The number of phenolic OH excluding ortho intramolecular Hbond substituents is 1. The predicted octanol–water partition coefficient (Wildman–Crippen LogP) is 16.3. The van der Waals surface area contributed by atoms with E-state index in [2.05, 4.69) is 214 Å². The van der Waals surface area contributed by atoms with Gasteiger partial charge in [-0.3, -0.25) is 9.55 Å². The Morgan fingerprint density at radius 3 is 1.93 bits per heavy atom. The molecule has 69 heavy (non-hydrogen) atoms. The van der Waals surface area contributed by atoms with E-state index in [1.165, 1.54) is 54.1 Å². The molecule has 2 aliphatic rings. The van der Waals surface area contributed by atoms with Crippen molar-refractivity contribution in [3.63, 3.8) is 0 Å². The van der Waals surface area contributed by atoms with Gasteiger partial charge < -0.3 is 5.11 Å². The number of benzene rings is 6. The number of aromatic nitrogens is 3. The smallest absolute Gasteiger partial charge is 0.148 e. The topological polar surface area (TPSA) is 50.9 Å². The molecule has 8 aromatic rings. The van der Waals surface area contributed by atoms with Gasteiger partial charge in [0, 0.05) is 44.1 Å². The number of hydrogen-bond donors (Lipinski definition) is 1. The van der Waals surface area contributed by atoms with Gasteiger partial charge >= 0.3 is 0 Å². The van der Waals surface area contributed by atoms with Crippen LogP contribution in [0.4, 0.5) is 0 Å². The Hall–Kier alpha value is -5.35. The summed E-state index contributed by atoms with van der Waals surface area (Å²) >= 11 is 0. The summed E-state index contributed by atoms with van der Waals surface area (Å²) in [6.07, 6.45) is 5.92. The van der Waals surface area contributed by atoms with Crippen molar-refractivity contribution in [3.8, 4) is 67.5 Å². The minimum atomic E-state index is -1.89. The van der Waals surface area contributed by atoms with Crippen molar-refractivity contribution in [2.45, 2.75) is 135 Å². The normalized spacial score (nSPS) is 15.6. The van der Waals surface area contributed by atoms with Gasteiger partial charge in [0.1, 0.15) is 11.6 Å². The molecule has 1 saturated heterocycles. The average Bonchev–Trinajstić information content (AvgIpc) is 3.80. The number of rotatable bonds is 6. The monoisotopic (exact) mass is 1110 g/mol. The third-order valence-corrected chi connectivity index (χ3v) is 20.9. The summed E-state index contributed by atoms with van der Waals surface area (Å²) in [5.74, 6) is 1.000. The van der Waals surface area contributed by atoms with Crippen LogP contribution in [-0.2, 0) is 42.7 Å². The molecule has 2 aromatic heterocycles. The summed E-state index contributed by atoms with van der Waals surface area (Å²) < 4.78 is 2.33. The van der Waals surface area contributed by atoms with Gasteiger partial charge in [-0.25, -0.2) is 4.98 Å². The molecule has 1 spiro atoms. The van der Waals surface area contributed by atoms with E-state index in [0.717, 1.165) is 78.3 Å². The van der Waals surface area contributed by atoms with Crippen LogP contribution in [0.25, 0.3) is 72.7 Å². The number of aromatic hydroxyl groups is 1. The summed E-state index contributed by atoms with van der Waals surface area (Å²) in [5, 5.41) is 14.3. The molecule has 0 saturated carbocycles. The predicted molar refractivity (Wildman–Crippen MR) is 289 cm³/mol. The van der Waals surface area contributed by atoms with Gasteiger partial charge in [0.25, 0.3) is 0 Å². The third-order valence-electron chi connectivity index (χ3n) is 15.2. The van der Waals surface area contributed by atoms with Crippen LogP contribution >= 0.6 is 0 Å². The Balaban J connectivity index is 0.00000593. The van der Waals surface area contributed by atoms with Gasteiger partial charge in [-0.2, -0.15) is 0 Å². The van der Waals surface area contributed by atoms with Crippen LogP contribution in [-0.4, -0.2) is 27.7 Å². The van der Waals surface area contributed by atoms with Crippen LogP contribution < -0.4 is 5.19 Å². The largest absolute Gasteiger partial charge is 0.507 e. The van der Waals surface area contributed by atoms with Crippen molar-refractivity contribution < 1.29 is 26.2 Å². The van der Waals surface area contributed by atoms with Gasteiger partial charge in [-0.15, -0.1) is 28.4 Å². The minimum absolute atomic E-state index is 0. The maximum atomic E-state index is 12.7. The van der Waals surface area contributed by atoms with Crippen molar-refractivity contribution in [3.05, 3.63) is 162 Å². The first-order valence-electron chi connectivity index (χ1n) is 25.0. The molecular weight excluding hydrogens is 1040 g/mol. The van der Waals surface area contributed by atoms with E-state index in [1.54, 1.807) is 5.19 Å². The van der Waals surface area contributed by atoms with Gasteiger partial charge in [-0.05, 0) is 79.8 Å². The zero-order chi connectivity index (χ0) is 48.0. The molecule has 4 heterocycles. The van der Waals surface area contributed by atoms with E-state index in [9.17, 15) is 5.11 Å². The second kappa shape index (κ2) is 17.8. The fourth-order valence-electron chi connectivity index (χ4n) is 11.7. The molecule has 0 aliphatic carbocycles. The average molecular weight is 1110 g/mol. The molecule has 0 atom stereocenters. The second-order valence-corrected chi connectivity index (χ2v) is 28.2. The zero-order valence-electron chi connectivity index (χ0n) is 42.5. The zero-order valence-corrected chi connectivity index (χ0v) is 45.8. The second-order valence-electron chi connectivity index (χ2n) is 23.8. The van der Waals surface area contributed by atoms with E-state index in [-0.39, 0.29) is 48.5 Å². The molecule has 0 radical (unpaired) electrons. The molecule has 0 unspecified atom stereocenters. The molecule has 0 amide bonds. The first-order valence-corrected chi connectivity index (χ1v) is 27.6. The molecule has 1 N–H and O–H groups in total. The van der Waals surface area contributed by atoms with E-state index >= 15 is 0 Å². The molecule has 1 fully saturated rings. The SMILES string of the molecule is CC(C)(C)c1ccc(-n2c(-c3cc(C(C)(C)C)cc(C(C)(C)C)c3O)nc3c(-c4[c-]c(-c5cc(-c6ccccc6)ccn5)c5c(c4)[Si]4(CCCCC4)CC5(C)C)cccc32)c(-c2ccccc2)c1.[Pt]. The Labute approximate surface area is 427 Å². The molecule has 356 valence electrons. The van der Waals surface area contributed by atoms with Crippen LogP contribution in [0.1, 0.15) is 118 Å². The van der Waals surface area contributed by atoms with Gasteiger partial charge in [-0.1, -0.05) is 216 Å². The van der Waals surface area contributed by atoms with Crippen molar-refractivity contribution >= 4 is 24.3 Å². The Bertz CT molecular complexity index is 3210. The number of hydrogen-bond acceptors (Lipinski definition) is 3. The van der Waals surface area contributed by atoms with Crippen LogP contribution in [0.5, 0.6) is 5.75 Å². The minimum Gasteiger partial charge on any atom is -0.507 e. The molecule has 4 nitrogen and oxygen atoms in total. The van der Waals surface area contributed by atoms with E-state index in [1.807, 2.05) is 6.20 Å². The number of phenols is 1. The summed E-state index contributed by atoms with van der Waals surface area (Å²) in [6.45, 7) is 25.1. The Morgan fingerprint density at radius 1 is 0.623 bits per heavy atom. The summed E-state index contributed by atoms with van der Waals surface area (Å²) in [5.41, 5.74) is 16.7. The number of fused-ring (bicyclic) bond motifs is 3. The first kappa shape index (κ1) is 48.7. The van der Waals surface area contributed by atoms with Crippen molar-refractivity contribution in [2.24, 2.45) is 0 Å². The van der Waals surface area contributed by atoms with E-state index < -0.39 is 8.07 Å². The Kier molecular flexibility index (Phi) is 12.6. The first-order chi connectivity index (χ1) is 32.2. The van der Waals surface area contributed by atoms with Crippen molar-refractivity contribution in [1.29, 1.82) is 0 Å². The standard InChI is InChI=1S/C63H68N3OSi.Pt/c1-60(2,3)45-28-29-53(48(37-45)42-24-17-13-18-25-42)66-54-27-21-26-47(57(54)65-59(66)50-38-46(61(4,5)6)39-51(58(50)67)62(7,8)9)44-34-49(52-35-43(30-31-64-52)41-22-15-12-16-23-41)56-55(36-44)68(40-63(56,10)11)32-19-14-20-33-68;/h12-13,15-18,21-31,35-39,67H,14,19-20,32-33,40H2,1-11H3;/q-1;. The summed E-state index contributed by atoms with van der Waals surface area (Å²) in [4.78, 5) is 11.0. The number of nitrogens with zero attached hydrogens (tertiary/aromatic N) is 3. The summed E-state index contributed by atoms with van der Waals surface area (Å²) in [7, 11) is -1.89. The third kappa shape index (κ3) is 8.82. The Morgan fingerprint density at radius 2 is 1.28 bits per heavy atom. The number of para-hydroxylation sites is 1. The maximum Gasteiger partial charge on any atom is 0.148 e. The molecule has 2 aliphatic heterocycles. The molecule has 0 bridgehead atoms. The van der Waals surface area contributed by atoms with Crippen LogP contribution in [0.3, 0.4) is 0 Å².